The number of hydrogen-bond donors (Lipinski definition) is 1. The standard InChI is InChI=1S/C20H21N3O2/c1-13-9-5-6-10-14(13)17-21-19(25-23-17)16-12-8-7-11-15(16)18(24)22-20(2,3)4/h5-12H,1-4H3,(H,22,24). The molecule has 0 unspecified atom stereocenters. The van der Waals surface area contributed by atoms with E-state index in [1.165, 1.54) is 0 Å². The molecule has 0 radical (unpaired) electrons. The van der Waals surface area contributed by atoms with Gasteiger partial charge in [0.2, 0.25) is 5.82 Å². The molecule has 1 N–H and O–H groups in total. The lowest BCUT2D eigenvalue weighted by atomic mass is 10.0. The summed E-state index contributed by atoms with van der Waals surface area (Å²) in [6.45, 7) is 7.82. The highest BCUT2D eigenvalue weighted by Crippen LogP contribution is 2.26. The van der Waals surface area contributed by atoms with E-state index in [9.17, 15) is 4.79 Å². The van der Waals surface area contributed by atoms with Gasteiger partial charge in [0.25, 0.3) is 11.8 Å². The van der Waals surface area contributed by atoms with E-state index < -0.39 is 0 Å². The maximum absolute atomic E-state index is 12.6. The smallest absolute Gasteiger partial charge is 0.259 e. The number of carbonyl (C=O) groups is 1. The van der Waals surface area contributed by atoms with Crippen LogP contribution in [0.15, 0.2) is 53.1 Å². The van der Waals surface area contributed by atoms with E-state index in [1.807, 2.05) is 70.2 Å². The second-order valence-corrected chi connectivity index (χ2v) is 6.99. The van der Waals surface area contributed by atoms with Crippen LogP contribution in [0.4, 0.5) is 0 Å². The molecule has 0 spiro atoms. The minimum atomic E-state index is -0.328. The highest BCUT2D eigenvalue weighted by molar-refractivity contribution is 6.00. The molecule has 0 saturated carbocycles. The topological polar surface area (TPSA) is 68.0 Å². The third-order valence-corrected chi connectivity index (χ3v) is 3.70. The third-order valence-electron chi connectivity index (χ3n) is 3.70. The fourth-order valence-corrected chi connectivity index (χ4v) is 2.54. The first-order chi connectivity index (χ1) is 11.8. The van der Waals surface area contributed by atoms with Crippen LogP contribution in [0.3, 0.4) is 0 Å². The maximum atomic E-state index is 12.6. The molecular weight excluding hydrogens is 314 g/mol. The molecule has 0 aliphatic rings. The molecule has 0 atom stereocenters. The van der Waals surface area contributed by atoms with Gasteiger partial charge in [-0.15, -0.1) is 0 Å². The molecule has 2 aromatic carbocycles. The van der Waals surface area contributed by atoms with Gasteiger partial charge in [-0.05, 0) is 45.4 Å². The SMILES string of the molecule is Cc1ccccc1-c1noc(-c2ccccc2C(=O)NC(C)(C)C)n1. The largest absolute Gasteiger partial charge is 0.347 e. The van der Waals surface area contributed by atoms with Crippen molar-refractivity contribution < 1.29 is 9.32 Å². The quantitative estimate of drug-likeness (QED) is 0.777. The Kier molecular flexibility index (Phi) is 4.40. The van der Waals surface area contributed by atoms with E-state index in [0.29, 0.717) is 22.8 Å². The molecule has 0 bridgehead atoms. The lowest BCUT2D eigenvalue weighted by Crippen LogP contribution is -2.40. The summed E-state index contributed by atoms with van der Waals surface area (Å²) >= 11 is 0. The molecule has 0 aliphatic heterocycles. The number of carbonyl (C=O) groups excluding carboxylic acids is 1. The first kappa shape index (κ1) is 16.9. The highest BCUT2D eigenvalue weighted by Gasteiger charge is 2.21. The van der Waals surface area contributed by atoms with Gasteiger partial charge in [-0.25, -0.2) is 0 Å². The third kappa shape index (κ3) is 3.76. The number of hydrogen-bond acceptors (Lipinski definition) is 4. The molecule has 3 rings (SSSR count). The van der Waals surface area contributed by atoms with Crippen LogP contribution in [0.25, 0.3) is 22.8 Å². The predicted octanol–water partition coefficient (Wildman–Crippen LogP) is 4.24. The summed E-state index contributed by atoms with van der Waals surface area (Å²) in [7, 11) is 0. The second-order valence-electron chi connectivity index (χ2n) is 6.99. The number of amides is 1. The molecule has 0 aliphatic carbocycles. The predicted molar refractivity (Wildman–Crippen MR) is 97.1 cm³/mol. The number of rotatable bonds is 3. The number of nitrogens with one attached hydrogen (secondary N) is 1. The molecular formula is C20H21N3O2. The zero-order valence-electron chi connectivity index (χ0n) is 14.8. The number of aromatic nitrogens is 2. The van der Waals surface area contributed by atoms with E-state index in [1.54, 1.807) is 6.07 Å². The summed E-state index contributed by atoms with van der Waals surface area (Å²) in [5.41, 5.74) is 2.78. The molecule has 3 aromatic rings. The van der Waals surface area contributed by atoms with Crippen LogP contribution in [0.1, 0.15) is 36.7 Å². The maximum Gasteiger partial charge on any atom is 0.259 e. The van der Waals surface area contributed by atoms with E-state index in [2.05, 4.69) is 15.5 Å². The molecule has 128 valence electrons. The van der Waals surface area contributed by atoms with Crippen molar-refractivity contribution >= 4 is 5.91 Å². The average Bonchev–Trinajstić information content (AvgIpc) is 3.03. The van der Waals surface area contributed by atoms with Gasteiger partial charge < -0.3 is 9.84 Å². The van der Waals surface area contributed by atoms with Crippen molar-refractivity contribution in [2.24, 2.45) is 0 Å². The van der Waals surface area contributed by atoms with Crippen molar-refractivity contribution in [2.75, 3.05) is 0 Å². The van der Waals surface area contributed by atoms with Gasteiger partial charge in [0, 0.05) is 11.1 Å². The van der Waals surface area contributed by atoms with Gasteiger partial charge in [0.05, 0.1) is 11.1 Å². The zero-order chi connectivity index (χ0) is 18.0. The van der Waals surface area contributed by atoms with Crippen LogP contribution in [0.5, 0.6) is 0 Å². The Labute approximate surface area is 147 Å². The summed E-state index contributed by atoms with van der Waals surface area (Å²) in [6.07, 6.45) is 0. The second kappa shape index (κ2) is 6.51. The summed E-state index contributed by atoms with van der Waals surface area (Å²) in [4.78, 5) is 17.1. The minimum Gasteiger partial charge on any atom is -0.347 e. The molecule has 5 nitrogen and oxygen atoms in total. The van der Waals surface area contributed by atoms with Crippen LogP contribution in [0, 0.1) is 6.92 Å². The molecule has 25 heavy (non-hydrogen) atoms. The van der Waals surface area contributed by atoms with Gasteiger partial charge in [0.1, 0.15) is 0 Å². The summed E-state index contributed by atoms with van der Waals surface area (Å²) in [5, 5.41) is 7.05. The summed E-state index contributed by atoms with van der Waals surface area (Å²) in [5.74, 6) is 0.677. The van der Waals surface area contributed by atoms with Gasteiger partial charge in [0.15, 0.2) is 0 Å². The molecule has 1 heterocycles. The van der Waals surface area contributed by atoms with Gasteiger partial charge in [-0.1, -0.05) is 41.6 Å². The van der Waals surface area contributed by atoms with Crippen LogP contribution in [-0.2, 0) is 0 Å². The van der Waals surface area contributed by atoms with Crippen molar-refractivity contribution in [1.82, 2.24) is 15.5 Å². The van der Waals surface area contributed by atoms with E-state index >= 15 is 0 Å². The first-order valence-corrected chi connectivity index (χ1v) is 8.17. The highest BCUT2D eigenvalue weighted by atomic mass is 16.5. The molecule has 1 amide bonds. The Balaban J connectivity index is 1.99. The Bertz CT molecular complexity index is 907. The average molecular weight is 335 g/mol. The molecule has 0 fully saturated rings. The fourth-order valence-electron chi connectivity index (χ4n) is 2.54. The summed E-state index contributed by atoms with van der Waals surface area (Å²) < 4.78 is 5.44. The van der Waals surface area contributed by atoms with Gasteiger partial charge >= 0.3 is 0 Å². The Morgan fingerprint density at radius 2 is 1.64 bits per heavy atom. The molecule has 1 aromatic heterocycles. The van der Waals surface area contributed by atoms with E-state index in [0.717, 1.165) is 11.1 Å². The van der Waals surface area contributed by atoms with Crippen molar-refractivity contribution in [3.8, 4) is 22.8 Å². The first-order valence-electron chi connectivity index (χ1n) is 8.17. The van der Waals surface area contributed by atoms with Crippen molar-refractivity contribution in [1.29, 1.82) is 0 Å². The molecule has 0 saturated heterocycles. The number of benzene rings is 2. The van der Waals surface area contributed by atoms with E-state index in [4.69, 9.17) is 4.52 Å². The Morgan fingerprint density at radius 3 is 2.32 bits per heavy atom. The van der Waals surface area contributed by atoms with Crippen LogP contribution in [0.2, 0.25) is 0 Å². The van der Waals surface area contributed by atoms with Crippen LogP contribution in [-0.4, -0.2) is 21.6 Å². The van der Waals surface area contributed by atoms with E-state index in [-0.39, 0.29) is 11.4 Å². The zero-order valence-corrected chi connectivity index (χ0v) is 14.8. The normalized spacial score (nSPS) is 11.4. The van der Waals surface area contributed by atoms with Crippen molar-refractivity contribution in [2.45, 2.75) is 33.2 Å². The van der Waals surface area contributed by atoms with Crippen LogP contribution >= 0.6 is 0 Å². The minimum absolute atomic E-state index is 0.168. The molecule has 5 heteroatoms. The van der Waals surface area contributed by atoms with Crippen molar-refractivity contribution in [3.05, 3.63) is 59.7 Å². The number of aryl methyl sites for hydroxylation is 1. The fraction of sp³-hybridized carbons (Fsp3) is 0.250. The lowest BCUT2D eigenvalue weighted by molar-refractivity contribution is 0.0920. The monoisotopic (exact) mass is 335 g/mol. The van der Waals surface area contributed by atoms with Gasteiger partial charge in [-0.2, -0.15) is 4.98 Å². The Hall–Kier alpha value is -2.95. The van der Waals surface area contributed by atoms with Gasteiger partial charge in [-0.3, -0.25) is 4.79 Å². The summed E-state index contributed by atoms with van der Waals surface area (Å²) in [6, 6.07) is 15.1. The van der Waals surface area contributed by atoms with Crippen LogP contribution < -0.4 is 5.32 Å². The Morgan fingerprint density at radius 1 is 1.00 bits per heavy atom. The van der Waals surface area contributed by atoms with Crippen molar-refractivity contribution in [3.63, 3.8) is 0 Å². The number of nitrogens with zero attached hydrogens (tertiary/aromatic N) is 2. The lowest BCUT2D eigenvalue weighted by Gasteiger charge is -2.21.